The van der Waals surface area contributed by atoms with Crippen LogP contribution < -0.4 is 5.32 Å². The fourth-order valence-electron chi connectivity index (χ4n) is 2.82. The Bertz CT molecular complexity index is 1160. The lowest BCUT2D eigenvalue weighted by Gasteiger charge is -2.12. The predicted octanol–water partition coefficient (Wildman–Crippen LogP) is 3.76. The van der Waals surface area contributed by atoms with Crippen molar-refractivity contribution in [2.24, 2.45) is 0 Å². The summed E-state index contributed by atoms with van der Waals surface area (Å²) in [5.41, 5.74) is 0.860. The zero-order valence-electron chi connectivity index (χ0n) is 14.3. The minimum absolute atomic E-state index is 0.136. The van der Waals surface area contributed by atoms with E-state index in [0.717, 1.165) is 5.56 Å². The number of amides is 1. The van der Waals surface area contributed by atoms with E-state index >= 15 is 0 Å². The molecule has 3 heterocycles. The van der Waals surface area contributed by atoms with Crippen molar-refractivity contribution < 1.29 is 9.90 Å². The van der Waals surface area contributed by atoms with Gasteiger partial charge in [-0.05, 0) is 35.9 Å². The third kappa shape index (κ3) is 3.49. The number of imidazole rings is 1. The minimum Gasteiger partial charge on any atom is -0.504 e. The fourth-order valence-corrected chi connectivity index (χ4v) is 3.40. The van der Waals surface area contributed by atoms with Gasteiger partial charge in [0.1, 0.15) is 17.7 Å². The van der Waals surface area contributed by atoms with Crippen LogP contribution in [0.15, 0.2) is 55.2 Å². The van der Waals surface area contributed by atoms with Gasteiger partial charge in [-0.2, -0.15) is 0 Å². The van der Waals surface area contributed by atoms with Crippen molar-refractivity contribution in [1.82, 2.24) is 24.8 Å². The second-order valence-electron chi connectivity index (χ2n) is 5.96. The van der Waals surface area contributed by atoms with E-state index in [4.69, 9.17) is 23.2 Å². The van der Waals surface area contributed by atoms with Crippen molar-refractivity contribution in [2.75, 3.05) is 0 Å². The van der Waals surface area contributed by atoms with Crippen LogP contribution >= 0.6 is 23.2 Å². The Balaban J connectivity index is 1.71. The van der Waals surface area contributed by atoms with E-state index in [2.05, 4.69) is 20.3 Å². The number of pyridine rings is 2. The van der Waals surface area contributed by atoms with Gasteiger partial charge < -0.3 is 10.4 Å². The maximum atomic E-state index is 12.7. The highest BCUT2D eigenvalue weighted by atomic mass is 35.5. The summed E-state index contributed by atoms with van der Waals surface area (Å²) >= 11 is 12.0. The summed E-state index contributed by atoms with van der Waals surface area (Å²) in [6, 6.07) is 8.49. The van der Waals surface area contributed by atoms with Crippen LogP contribution in [0.4, 0.5) is 0 Å². The number of benzene rings is 1. The van der Waals surface area contributed by atoms with Crippen LogP contribution in [-0.4, -0.2) is 30.5 Å². The summed E-state index contributed by atoms with van der Waals surface area (Å²) in [5, 5.41) is 14.8. The molecule has 0 spiro atoms. The summed E-state index contributed by atoms with van der Waals surface area (Å²) in [6.45, 7) is 0.168. The van der Waals surface area contributed by atoms with Crippen LogP contribution in [0.1, 0.15) is 16.1 Å². The van der Waals surface area contributed by atoms with Gasteiger partial charge in [0.25, 0.3) is 5.91 Å². The van der Waals surface area contributed by atoms with Gasteiger partial charge in [0.05, 0.1) is 0 Å². The minimum atomic E-state index is -0.553. The molecule has 0 radical (unpaired) electrons. The Kier molecular flexibility index (Phi) is 4.85. The Morgan fingerprint density at radius 3 is 2.68 bits per heavy atom. The monoisotopic (exact) mass is 413 g/mol. The topological polar surface area (TPSA) is 92.9 Å². The van der Waals surface area contributed by atoms with Crippen molar-refractivity contribution in [2.45, 2.75) is 6.54 Å². The Morgan fingerprint density at radius 2 is 1.96 bits per heavy atom. The van der Waals surface area contributed by atoms with Gasteiger partial charge in [-0.3, -0.25) is 14.3 Å². The van der Waals surface area contributed by atoms with Crippen LogP contribution in [-0.2, 0) is 6.54 Å². The molecule has 0 aliphatic heterocycles. The van der Waals surface area contributed by atoms with Crippen LogP contribution in [0.25, 0.3) is 16.7 Å². The molecule has 140 valence electrons. The number of aromatic nitrogens is 4. The quantitative estimate of drug-likeness (QED) is 0.531. The van der Waals surface area contributed by atoms with Crippen LogP contribution in [0.2, 0.25) is 10.0 Å². The number of nitrogens with zero attached hydrogens (tertiary/aromatic N) is 4. The molecule has 0 saturated heterocycles. The maximum Gasteiger partial charge on any atom is 0.274 e. The Morgan fingerprint density at radius 1 is 1.18 bits per heavy atom. The molecule has 3 aromatic heterocycles. The smallest absolute Gasteiger partial charge is 0.274 e. The molecule has 1 amide bonds. The Hall–Kier alpha value is -3.16. The Labute approximate surface area is 169 Å². The molecule has 0 aliphatic rings. The molecule has 28 heavy (non-hydrogen) atoms. The number of rotatable bonds is 4. The summed E-state index contributed by atoms with van der Waals surface area (Å²) in [4.78, 5) is 25.3. The first-order chi connectivity index (χ1) is 13.5. The second kappa shape index (κ2) is 7.46. The average molecular weight is 414 g/mol. The van der Waals surface area contributed by atoms with E-state index in [1.165, 1.54) is 6.20 Å². The van der Waals surface area contributed by atoms with Gasteiger partial charge >= 0.3 is 0 Å². The number of hydrogen-bond acceptors (Lipinski definition) is 5. The third-order valence-corrected chi connectivity index (χ3v) is 4.49. The first kappa shape index (κ1) is 18.2. The standard InChI is InChI=1S/C19H13Cl2N5O2/c20-12-6-11(7-13(21)8-12)9-24-19(28)16-17(27)15-14(2-1-3-23-15)18(25-16)26-5-4-22-10-26/h1-8,10,27H,9H2,(H,24,28). The number of carbonyl (C=O) groups excluding carboxylic acids is 1. The molecule has 9 heteroatoms. The highest BCUT2D eigenvalue weighted by molar-refractivity contribution is 6.34. The number of carbonyl (C=O) groups is 1. The van der Waals surface area contributed by atoms with Gasteiger partial charge in [0.15, 0.2) is 11.4 Å². The molecule has 2 N–H and O–H groups in total. The molecule has 0 aliphatic carbocycles. The lowest BCUT2D eigenvalue weighted by Crippen LogP contribution is -2.24. The summed E-state index contributed by atoms with van der Waals surface area (Å²) in [7, 11) is 0. The largest absolute Gasteiger partial charge is 0.504 e. The maximum absolute atomic E-state index is 12.7. The lowest BCUT2D eigenvalue weighted by atomic mass is 10.2. The predicted molar refractivity (Wildman–Crippen MR) is 106 cm³/mol. The zero-order chi connectivity index (χ0) is 19.7. The third-order valence-electron chi connectivity index (χ3n) is 4.05. The van der Waals surface area contributed by atoms with Crippen LogP contribution in [0.3, 0.4) is 0 Å². The molecular formula is C19H13Cl2N5O2. The van der Waals surface area contributed by atoms with Gasteiger partial charge in [-0.15, -0.1) is 0 Å². The first-order valence-corrected chi connectivity index (χ1v) is 8.97. The molecule has 4 aromatic rings. The number of nitrogens with one attached hydrogen (secondary N) is 1. The molecule has 0 unspecified atom stereocenters. The fraction of sp³-hybridized carbons (Fsp3) is 0.0526. The highest BCUT2D eigenvalue weighted by Gasteiger charge is 2.20. The van der Waals surface area contributed by atoms with E-state index < -0.39 is 5.91 Å². The van der Waals surface area contributed by atoms with Gasteiger partial charge in [-0.25, -0.2) is 9.97 Å². The molecule has 4 rings (SSSR count). The molecule has 7 nitrogen and oxygen atoms in total. The van der Waals surface area contributed by atoms with Crippen molar-refractivity contribution in [3.8, 4) is 11.6 Å². The van der Waals surface area contributed by atoms with E-state index in [-0.39, 0.29) is 23.5 Å². The van der Waals surface area contributed by atoms with Gasteiger partial charge in [0, 0.05) is 40.6 Å². The molecule has 0 saturated carbocycles. The van der Waals surface area contributed by atoms with E-state index in [1.54, 1.807) is 53.6 Å². The number of hydrogen-bond donors (Lipinski definition) is 2. The van der Waals surface area contributed by atoms with E-state index in [0.29, 0.717) is 21.2 Å². The van der Waals surface area contributed by atoms with E-state index in [9.17, 15) is 9.90 Å². The van der Waals surface area contributed by atoms with E-state index in [1.807, 2.05) is 0 Å². The van der Waals surface area contributed by atoms with Crippen molar-refractivity contribution in [1.29, 1.82) is 0 Å². The summed E-state index contributed by atoms with van der Waals surface area (Å²) < 4.78 is 1.65. The molecule has 0 atom stereocenters. The van der Waals surface area contributed by atoms with Crippen molar-refractivity contribution in [3.63, 3.8) is 0 Å². The summed E-state index contributed by atoms with van der Waals surface area (Å²) in [5.74, 6) is -0.405. The number of fused-ring (bicyclic) bond motifs is 1. The first-order valence-electron chi connectivity index (χ1n) is 8.22. The zero-order valence-corrected chi connectivity index (χ0v) is 15.8. The van der Waals surface area contributed by atoms with Crippen molar-refractivity contribution in [3.05, 3.63) is 76.6 Å². The van der Waals surface area contributed by atoms with Crippen molar-refractivity contribution >= 4 is 40.0 Å². The SMILES string of the molecule is O=C(NCc1cc(Cl)cc(Cl)c1)c1nc(-n2ccnc2)c2cccnc2c1O. The van der Waals surface area contributed by atoms with Gasteiger partial charge in [-0.1, -0.05) is 23.2 Å². The number of halogens is 2. The lowest BCUT2D eigenvalue weighted by molar-refractivity contribution is 0.0943. The summed E-state index contributed by atoms with van der Waals surface area (Å²) in [6.07, 6.45) is 6.39. The normalized spacial score (nSPS) is 10.9. The van der Waals surface area contributed by atoms with Gasteiger partial charge in [0.2, 0.25) is 0 Å². The molecular weight excluding hydrogens is 401 g/mol. The molecule has 0 fully saturated rings. The van der Waals surface area contributed by atoms with Crippen LogP contribution in [0, 0.1) is 0 Å². The molecule has 1 aromatic carbocycles. The average Bonchev–Trinajstić information content (AvgIpc) is 3.20. The van der Waals surface area contributed by atoms with Crippen LogP contribution in [0.5, 0.6) is 5.75 Å². The second-order valence-corrected chi connectivity index (χ2v) is 6.84. The molecule has 0 bridgehead atoms. The number of aromatic hydroxyl groups is 1. The highest BCUT2D eigenvalue weighted by Crippen LogP contribution is 2.29.